The average molecular weight is 252 g/mol. The van der Waals surface area contributed by atoms with E-state index in [4.69, 9.17) is 0 Å². The summed E-state index contributed by atoms with van der Waals surface area (Å²) in [6.45, 7) is 9.31. The summed E-state index contributed by atoms with van der Waals surface area (Å²) in [5.74, 6) is 0.936. The Hall–Kier alpha value is -0.380. The molecule has 1 saturated heterocycles. The number of nitrogens with one attached hydrogen (secondary N) is 1. The highest BCUT2D eigenvalue weighted by Gasteiger charge is 2.21. The fourth-order valence-electron chi connectivity index (χ4n) is 2.64. The summed E-state index contributed by atoms with van der Waals surface area (Å²) < 4.78 is 0. The number of nitrogens with zero attached hydrogens (tertiary/aromatic N) is 1. The first-order valence-electron chi connectivity index (χ1n) is 6.68. The molecule has 1 N–H and O–H groups in total. The Morgan fingerprint density at radius 3 is 3.00 bits per heavy atom. The fraction of sp³-hybridized carbons (Fsp3) is 0.714. The predicted octanol–water partition coefficient (Wildman–Crippen LogP) is 3.01. The Balaban J connectivity index is 1.94. The Kier molecular flexibility index (Phi) is 4.60. The molecule has 0 spiro atoms. The number of thiophene rings is 1. The highest BCUT2D eigenvalue weighted by Crippen LogP contribution is 2.26. The lowest BCUT2D eigenvalue weighted by molar-refractivity contribution is 0.315. The maximum atomic E-state index is 3.23. The highest BCUT2D eigenvalue weighted by molar-refractivity contribution is 7.12. The number of hydrogen-bond donors (Lipinski definition) is 1. The second-order valence-electron chi connectivity index (χ2n) is 5.12. The summed E-state index contributed by atoms with van der Waals surface area (Å²) in [4.78, 5) is 5.58. The maximum absolute atomic E-state index is 3.23. The Morgan fingerprint density at radius 1 is 1.53 bits per heavy atom. The zero-order valence-electron chi connectivity index (χ0n) is 11.3. The smallest absolute Gasteiger partial charge is 0.0296 e. The molecule has 0 aliphatic carbocycles. The van der Waals surface area contributed by atoms with Crippen molar-refractivity contribution in [1.82, 2.24) is 10.2 Å². The molecule has 1 aliphatic rings. The molecule has 1 fully saturated rings. The van der Waals surface area contributed by atoms with Gasteiger partial charge >= 0.3 is 0 Å². The Morgan fingerprint density at radius 2 is 2.35 bits per heavy atom. The summed E-state index contributed by atoms with van der Waals surface area (Å²) in [6, 6.07) is 2.38. The first-order valence-corrected chi connectivity index (χ1v) is 7.49. The molecule has 1 aromatic heterocycles. The van der Waals surface area contributed by atoms with E-state index in [-0.39, 0.29) is 0 Å². The van der Waals surface area contributed by atoms with Gasteiger partial charge in [-0.25, -0.2) is 0 Å². The molecule has 1 unspecified atom stereocenters. The maximum Gasteiger partial charge on any atom is 0.0296 e. The van der Waals surface area contributed by atoms with E-state index < -0.39 is 0 Å². The molecular weight excluding hydrogens is 228 g/mol. The van der Waals surface area contributed by atoms with Crippen LogP contribution in [0.15, 0.2) is 6.07 Å². The van der Waals surface area contributed by atoms with Crippen molar-refractivity contribution in [1.29, 1.82) is 0 Å². The van der Waals surface area contributed by atoms with Crippen molar-refractivity contribution in [3.05, 3.63) is 21.4 Å². The summed E-state index contributed by atoms with van der Waals surface area (Å²) in [5.41, 5.74) is 1.54. The van der Waals surface area contributed by atoms with Crippen molar-refractivity contribution >= 4 is 11.3 Å². The average Bonchev–Trinajstić information content (AvgIpc) is 2.88. The van der Waals surface area contributed by atoms with Crippen molar-refractivity contribution in [3.63, 3.8) is 0 Å². The zero-order valence-corrected chi connectivity index (χ0v) is 12.1. The van der Waals surface area contributed by atoms with Crippen LogP contribution in [0, 0.1) is 12.8 Å². The topological polar surface area (TPSA) is 15.3 Å². The van der Waals surface area contributed by atoms with Gasteiger partial charge in [0.25, 0.3) is 0 Å². The number of rotatable bonds is 5. The van der Waals surface area contributed by atoms with Gasteiger partial charge in [-0.05, 0) is 44.5 Å². The minimum atomic E-state index is 0.936. The van der Waals surface area contributed by atoms with Crippen LogP contribution in [0.1, 0.15) is 35.1 Å². The molecular formula is C14H24N2S. The van der Waals surface area contributed by atoms with Crippen molar-refractivity contribution in [2.75, 3.05) is 20.1 Å². The molecule has 0 aromatic carbocycles. The van der Waals surface area contributed by atoms with Gasteiger partial charge in [-0.15, -0.1) is 11.3 Å². The van der Waals surface area contributed by atoms with Gasteiger partial charge in [0.2, 0.25) is 0 Å². The summed E-state index contributed by atoms with van der Waals surface area (Å²) in [6.07, 6.45) is 2.73. The molecule has 2 rings (SSSR count). The van der Waals surface area contributed by atoms with Gasteiger partial charge in [-0.2, -0.15) is 0 Å². The van der Waals surface area contributed by atoms with Crippen molar-refractivity contribution < 1.29 is 0 Å². The third-order valence-electron chi connectivity index (χ3n) is 3.76. The van der Waals surface area contributed by atoms with Crippen LogP contribution in [-0.2, 0) is 13.1 Å². The van der Waals surface area contributed by atoms with Crippen LogP contribution < -0.4 is 5.32 Å². The molecule has 3 heteroatoms. The van der Waals surface area contributed by atoms with E-state index in [1.165, 1.54) is 41.2 Å². The zero-order chi connectivity index (χ0) is 12.3. The van der Waals surface area contributed by atoms with Gasteiger partial charge in [0, 0.05) is 29.4 Å². The monoisotopic (exact) mass is 252 g/mol. The van der Waals surface area contributed by atoms with E-state index in [9.17, 15) is 0 Å². The first kappa shape index (κ1) is 13.1. The van der Waals surface area contributed by atoms with Crippen LogP contribution in [0.5, 0.6) is 0 Å². The summed E-state index contributed by atoms with van der Waals surface area (Å²) in [5, 5.41) is 3.23. The van der Waals surface area contributed by atoms with E-state index in [1.807, 2.05) is 18.4 Å². The molecule has 0 radical (unpaired) electrons. The molecule has 96 valence electrons. The van der Waals surface area contributed by atoms with Crippen molar-refractivity contribution in [2.45, 2.75) is 39.8 Å². The molecule has 17 heavy (non-hydrogen) atoms. The van der Waals surface area contributed by atoms with Crippen LogP contribution in [-0.4, -0.2) is 25.0 Å². The molecule has 0 amide bonds. The van der Waals surface area contributed by atoms with Crippen molar-refractivity contribution in [2.24, 2.45) is 5.92 Å². The molecule has 1 atom stereocenters. The lowest BCUT2D eigenvalue weighted by Gasteiger charge is -2.15. The van der Waals surface area contributed by atoms with Crippen LogP contribution >= 0.6 is 11.3 Å². The minimum Gasteiger partial charge on any atom is -0.315 e. The van der Waals surface area contributed by atoms with Crippen LogP contribution in [0.2, 0.25) is 0 Å². The molecule has 2 heterocycles. The van der Waals surface area contributed by atoms with E-state index in [0.717, 1.165) is 19.0 Å². The van der Waals surface area contributed by atoms with Crippen LogP contribution in [0.4, 0.5) is 0 Å². The minimum absolute atomic E-state index is 0.936. The molecule has 0 saturated carbocycles. The largest absolute Gasteiger partial charge is 0.315 e. The summed E-state index contributed by atoms with van der Waals surface area (Å²) >= 11 is 1.94. The second kappa shape index (κ2) is 5.98. The van der Waals surface area contributed by atoms with Gasteiger partial charge < -0.3 is 5.32 Å². The molecule has 2 nitrogen and oxygen atoms in total. The number of likely N-dealkylation sites (tertiary alicyclic amines) is 1. The van der Waals surface area contributed by atoms with Gasteiger partial charge in [0.15, 0.2) is 0 Å². The second-order valence-corrected chi connectivity index (χ2v) is 6.46. The normalized spacial score (nSPS) is 21.2. The Bertz CT molecular complexity index is 359. The number of hydrogen-bond acceptors (Lipinski definition) is 3. The van der Waals surface area contributed by atoms with Crippen LogP contribution in [0.25, 0.3) is 0 Å². The lowest BCUT2D eigenvalue weighted by Crippen LogP contribution is -2.20. The van der Waals surface area contributed by atoms with Gasteiger partial charge in [0.05, 0.1) is 0 Å². The fourth-order valence-corrected chi connectivity index (χ4v) is 3.70. The quantitative estimate of drug-likeness (QED) is 0.866. The third-order valence-corrected chi connectivity index (χ3v) is 4.86. The predicted molar refractivity (Wildman–Crippen MR) is 75.5 cm³/mol. The first-order chi connectivity index (χ1) is 8.22. The van der Waals surface area contributed by atoms with Gasteiger partial charge in [-0.3, -0.25) is 4.90 Å². The van der Waals surface area contributed by atoms with E-state index in [2.05, 4.69) is 30.1 Å². The van der Waals surface area contributed by atoms with Crippen LogP contribution in [0.3, 0.4) is 0 Å². The molecule has 0 bridgehead atoms. The van der Waals surface area contributed by atoms with E-state index >= 15 is 0 Å². The van der Waals surface area contributed by atoms with Gasteiger partial charge in [0.1, 0.15) is 0 Å². The molecule has 1 aliphatic heterocycles. The lowest BCUT2D eigenvalue weighted by atomic mass is 10.1. The summed E-state index contributed by atoms with van der Waals surface area (Å²) in [7, 11) is 2.01. The third kappa shape index (κ3) is 3.30. The van der Waals surface area contributed by atoms with E-state index in [1.54, 1.807) is 0 Å². The van der Waals surface area contributed by atoms with Crippen molar-refractivity contribution in [3.8, 4) is 0 Å². The number of aryl methyl sites for hydroxylation is 1. The Labute approximate surface area is 109 Å². The van der Waals surface area contributed by atoms with Gasteiger partial charge in [-0.1, -0.05) is 13.3 Å². The molecule has 1 aromatic rings. The highest BCUT2D eigenvalue weighted by atomic mass is 32.1. The standard InChI is InChI=1S/C14H24N2S/c1-4-12-5-6-16(9-12)10-13-7-14(8-15-3)17-11(13)2/h7,12,15H,4-6,8-10H2,1-3H3. The SMILES string of the molecule is CCC1CCN(Cc2cc(CNC)sc2C)C1. The van der Waals surface area contributed by atoms with E-state index in [0.29, 0.717) is 0 Å².